The van der Waals surface area contributed by atoms with Gasteiger partial charge in [-0.15, -0.1) is 0 Å². The average Bonchev–Trinajstić information content (AvgIpc) is 2.86. The van der Waals surface area contributed by atoms with Crippen molar-refractivity contribution in [1.29, 1.82) is 10.5 Å². The van der Waals surface area contributed by atoms with Gasteiger partial charge >= 0.3 is 0 Å². The molecule has 1 fully saturated rings. The molecular weight excluding hydrogens is 448 g/mol. The molecule has 0 aliphatic carbocycles. The van der Waals surface area contributed by atoms with Crippen molar-refractivity contribution in [3.63, 3.8) is 0 Å². The summed E-state index contributed by atoms with van der Waals surface area (Å²) in [6.45, 7) is 2.62. The van der Waals surface area contributed by atoms with Gasteiger partial charge in [0.15, 0.2) is 9.84 Å². The van der Waals surface area contributed by atoms with Crippen LogP contribution in [-0.4, -0.2) is 38.7 Å². The summed E-state index contributed by atoms with van der Waals surface area (Å²) in [5, 5.41) is 25.0. The first kappa shape index (κ1) is 25.4. The minimum atomic E-state index is -3.48. The van der Waals surface area contributed by atoms with Crippen molar-refractivity contribution in [2.24, 2.45) is 0 Å². The third-order valence-electron chi connectivity index (χ3n) is 6.02. The Balaban J connectivity index is 1.64. The third kappa shape index (κ3) is 6.44. The van der Waals surface area contributed by atoms with Crippen LogP contribution < -0.4 is 10.6 Å². The second-order valence-electron chi connectivity index (χ2n) is 8.57. The van der Waals surface area contributed by atoms with E-state index in [0.717, 1.165) is 42.5 Å². The van der Waals surface area contributed by atoms with Crippen molar-refractivity contribution in [2.45, 2.75) is 62.4 Å². The monoisotopic (exact) mass is 478 g/mol. The minimum Gasteiger partial charge on any atom is -0.339 e. The molecule has 1 aliphatic rings. The number of hydrogen-bond acceptors (Lipinski definition) is 6. The number of hydrogen-bond donors (Lipinski definition) is 2. The summed E-state index contributed by atoms with van der Waals surface area (Å²) in [6, 6.07) is 16.0. The fraction of sp³-hybridized carbons (Fsp3) is 0.423. The third-order valence-corrected chi connectivity index (χ3v) is 7.99. The van der Waals surface area contributed by atoms with Gasteiger partial charge in [0, 0.05) is 0 Å². The van der Waals surface area contributed by atoms with Gasteiger partial charge in [-0.3, -0.25) is 4.79 Å². The van der Waals surface area contributed by atoms with Crippen LogP contribution in [0.1, 0.15) is 50.2 Å². The number of carbonyl (C=O) groups is 1. The van der Waals surface area contributed by atoms with Crippen LogP contribution >= 0.6 is 0 Å². The number of sulfone groups is 1. The van der Waals surface area contributed by atoms with E-state index in [4.69, 9.17) is 0 Å². The molecule has 2 aromatic carbocycles. The van der Waals surface area contributed by atoms with Gasteiger partial charge in [0.05, 0.1) is 28.3 Å². The zero-order chi connectivity index (χ0) is 24.6. The summed E-state index contributed by atoms with van der Waals surface area (Å²) in [6.07, 6.45) is 4.52. The van der Waals surface area contributed by atoms with E-state index in [2.05, 4.69) is 16.7 Å². The lowest BCUT2D eigenvalue weighted by molar-refractivity contribution is -0.124. The molecule has 0 aromatic heterocycles. The maximum atomic E-state index is 12.4. The minimum absolute atomic E-state index is 0.0109. The summed E-state index contributed by atoms with van der Waals surface area (Å²) < 4.78 is 24.8. The first-order valence-corrected chi connectivity index (χ1v) is 13.3. The van der Waals surface area contributed by atoms with E-state index < -0.39 is 15.9 Å². The van der Waals surface area contributed by atoms with Gasteiger partial charge in [-0.2, -0.15) is 10.5 Å². The molecular formula is C26H30N4O3S. The first-order chi connectivity index (χ1) is 16.4. The molecule has 3 rings (SSSR count). The molecule has 0 spiro atoms. The SMILES string of the molecule is CCCS(=O)(=O)c1ccc(-c2ccc(CC[C@@H](C#N)NC(=O)[C@@H]3CCCCN3)cc2)cc1C#N. The van der Waals surface area contributed by atoms with Gasteiger partial charge in [-0.05, 0) is 67.5 Å². The number of carbonyl (C=O) groups excluding carboxylic acids is 1. The Kier molecular flexibility index (Phi) is 8.81. The Morgan fingerprint density at radius 2 is 1.88 bits per heavy atom. The molecule has 1 amide bonds. The number of piperidine rings is 1. The zero-order valence-electron chi connectivity index (χ0n) is 19.4. The zero-order valence-corrected chi connectivity index (χ0v) is 20.2. The van der Waals surface area contributed by atoms with E-state index in [1.54, 1.807) is 19.1 Å². The molecule has 1 aliphatic heterocycles. The summed E-state index contributed by atoms with van der Waals surface area (Å²) in [5.41, 5.74) is 2.81. The molecule has 178 valence electrons. The number of aryl methyl sites for hydroxylation is 1. The number of rotatable bonds is 9. The molecule has 0 bridgehead atoms. The molecule has 1 heterocycles. The van der Waals surface area contributed by atoms with E-state index in [9.17, 15) is 23.7 Å². The van der Waals surface area contributed by atoms with Crippen molar-refractivity contribution in [2.75, 3.05) is 12.3 Å². The second-order valence-corrected chi connectivity index (χ2v) is 10.6. The van der Waals surface area contributed by atoms with Gasteiger partial charge in [0.1, 0.15) is 12.1 Å². The van der Waals surface area contributed by atoms with E-state index in [1.807, 2.05) is 30.3 Å². The molecule has 7 nitrogen and oxygen atoms in total. The van der Waals surface area contributed by atoms with Crippen molar-refractivity contribution in [3.05, 3.63) is 53.6 Å². The fourth-order valence-corrected chi connectivity index (χ4v) is 5.61. The normalized spacial score (nSPS) is 16.7. The number of nitriles is 2. The van der Waals surface area contributed by atoms with Gasteiger partial charge < -0.3 is 10.6 Å². The number of nitrogens with zero attached hydrogens (tertiary/aromatic N) is 2. The molecule has 1 saturated heterocycles. The van der Waals surface area contributed by atoms with Crippen molar-refractivity contribution < 1.29 is 13.2 Å². The average molecular weight is 479 g/mol. The molecule has 34 heavy (non-hydrogen) atoms. The van der Waals surface area contributed by atoms with Crippen LogP contribution in [0.25, 0.3) is 11.1 Å². The lowest BCUT2D eigenvalue weighted by atomic mass is 9.99. The van der Waals surface area contributed by atoms with E-state index >= 15 is 0 Å². The molecule has 8 heteroatoms. The maximum absolute atomic E-state index is 12.4. The number of benzene rings is 2. The second kappa shape index (κ2) is 11.8. The Bertz CT molecular complexity index is 1190. The fourth-order valence-electron chi connectivity index (χ4n) is 4.14. The highest BCUT2D eigenvalue weighted by Gasteiger charge is 2.23. The highest BCUT2D eigenvalue weighted by Crippen LogP contribution is 2.26. The lowest BCUT2D eigenvalue weighted by Crippen LogP contribution is -2.49. The topological polar surface area (TPSA) is 123 Å². The quantitative estimate of drug-likeness (QED) is 0.569. The Morgan fingerprint density at radius 1 is 1.15 bits per heavy atom. The van der Waals surface area contributed by atoms with Gasteiger partial charge in [0.25, 0.3) is 0 Å². The summed E-state index contributed by atoms with van der Waals surface area (Å²) in [5.74, 6) is -0.101. The Hall–Kier alpha value is -3.20. The van der Waals surface area contributed by atoms with E-state index in [0.29, 0.717) is 19.3 Å². The highest BCUT2D eigenvalue weighted by molar-refractivity contribution is 7.91. The van der Waals surface area contributed by atoms with Crippen LogP contribution in [0.15, 0.2) is 47.4 Å². The molecule has 2 N–H and O–H groups in total. The Morgan fingerprint density at radius 3 is 2.50 bits per heavy atom. The lowest BCUT2D eigenvalue weighted by Gasteiger charge is -2.23. The summed E-state index contributed by atoms with van der Waals surface area (Å²) >= 11 is 0. The van der Waals surface area contributed by atoms with Gasteiger partial charge in [-0.25, -0.2) is 8.42 Å². The van der Waals surface area contributed by atoms with Crippen LogP contribution in [0.2, 0.25) is 0 Å². The molecule has 2 aromatic rings. The predicted octanol–water partition coefficient (Wildman–Crippen LogP) is 3.49. The Labute approximate surface area is 201 Å². The van der Waals surface area contributed by atoms with Crippen molar-refractivity contribution >= 4 is 15.7 Å². The number of nitrogens with one attached hydrogen (secondary N) is 2. The molecule has 2 atom stereocenters. The van der Waals surface area contributed by atoms with E-state index in [-0.39, 0.29) is 28.2 Å². The summed E-state index contributed by atoms with van der Waals surface area (Å²) in [4.78, 5) is 12.4. The smallest absolute Gasteiger partial charge is 0.238 e. The van der Waals surface area contributed by atoms with Gasteiger partial charge in [-0.1, -0.05) is 43.7 Å². The number of amides is 1. The summed E-state index contributed by atoms with van der Waals surface area (Å²) in [7, 11) is -3.48. The van der Waals surface area contributed by atoms with Crippen LogP contribution in [0.4, 0.5) is 0 Å². The maximum Gasteiger partial charge on any atom is 0.238 e. The first-order valence-electron chi connectivity index (χ1n) is 11.7. The van der Waals surface area contributed by atoms with Crippen molar-refractivity contribution in [3.8, 4) is 23.3 Å². The molecule has 0 saturated carbocycles. The van der Waals surface area contributed by atoms with Crippen LogP contribution in [0.3, 0.4) is 0 Å². The van der Waals surface area contributed by atoms with Crippen LogP contribution in [0, 0.1) is 22.7 Å². The van der Waals surface area contributed by atoms with Crippen LogP contribution in [-0.2, 0) is 21.1 Å². The predicted molar refractivity (Wildman–Crippen MR) is 130 cm³/mol. The molecule has 0 unspecified atom stereocenters. The highest BCUT2D eigenvalue weighted by atomic mass is 32.2. The van der Waals surface area contributed by atoms with Gasteiger partial charge in [0.2, 0.25) is 5.91 Å². The standard InChI is InChI=1S/C26H30N4O3S/c1-2-15-34(32,33)25-13-11-21(16-22(25)17-27)20-9-6-19(7-10-20)8-12-23(18-28)30-26(31)24-5-3-4-14-29-24/h6-7,9-11,13,16,23-24,29H,2-5,8,12,14-15H2,1H3,(H,30,31)/t23-,24-/m0/s1. The van der Waals surface area contributed by atoms with Crippen molar-refractivity contribution in [1.82, 2.24) is 10.6 Å². The molecule has 0 radical (unpaired) electrons. The largest absolute Gasteiger partial charge is 0.339 e. The van der Waals surface area contributed by atoms with Crippen LogP contribution in [0.5, 0.6) is 0 Å². The van der Waals surface area contributed by atoms with E-state index in [1.165, 1.54) is 6.07 Å².